The van der Waals surface area contributed by atoms with Crippen LogP contribution in [-0.4, -0.2) is 27.9 Å². The topological polar surface area (TPSA) is 118 Å². The zero-order valence-electron chi connectivity index (χ0n) is 12.0. The molecular weight excluding hydrogens is 304 g/mol. The predicted molar refractivity (Wildman–Crippen MR) is 84.9 cm³/mol. The second-order valence-electron chi connectivity index (χ2n) is 4.43. The van der Waals surface area contributed by atoms with Crippen LogP contribution in [0.5, 0.6) is 0 Å². The number of H-pyrrole nitrogens is 1. The van der Waals surface area contributed by atoms with Gasteiger partial charge in [-0.2, -0.15) is 0 Å². The van der Waals surface area contributed by atoms with Crippen LogP contribution >= 0.6 is 11.8 Å². The first-order chi connectivity index (χ1) is 10.4. The van der Waals surface area contributed by atoms with E-state index in [1.54, 1.807) is 30.5 Å². The van der Waals surface area contributed by atoms with E-state index >= 15 is 0 Å². The summed E-state index contributed by atoms with van der Waals surface area (Å²) in [7, 11) is 0. The molecule has 2 rings (SSSR count). The number of nitrogens with two attached hydrogens (primary N) is 1. The van der Waals surface area contributed by atoms with Gasteiger partial charge in [0.25, 0.3) is 11.5 Å². The minimum absolute atomic E-state index is 0.0568. The summed E-state index contributed by atoms with van der Waals surface area (Å²) < 4.78 is 0. The van der Waals surface area contributed by atoms with E-state index in [1.807, 2.05) is 0 Å². The van der Waals surface area contributed by atoms with Crippen molar-refractivity contribution in [2.75, 3.05) is 11.6 Å². The van der Waals surface area contributed by atoms with Crippen molar-refractivity contribution in [3.63, 3.8) is 0 Å². The first-order valence-corrected chi connectivity index (χ1v) is 7.51. The lowest BCUT2D eigenvalue weighted by atomic mass is 10.1. The maximum atomic E-state index is 11.9. The molecule has 0 aliphatic carbocycles. The Balaban J connectivity index is 2.50. The number of hydrogen-bond donors (Lipinski definition) is 3. The SMILES string of the molecule is CSc1nc(Nc2cccc(C(C)=O)c2)c(C(N)=O)c(=O)[nH]1. The van der Waals surface area contributed by atoms with Gasteiger partial charge in [-0.1, -0.05) is 23.9 Å². The molecule has 4 N–H and O–H groups in total. The molecule has 0 fully saturated rings. The second-order valence-corrected chi connectivity index (χ2v) is 5.22. The Morgan fingerprint density at radius 1 is 1.36 bits per heavy atom. The van der Waals surface area contributed by atoms with Crippen LogP contribution in [0.25, 0.3) is 0 Å². The number of nitrogens with one attached hydrogen (secondary N) is 2. The number of carbonyl (C=O) groups is 2. The Kier molecular flexibility index (Phi) is 4.62. The number of Topliss-reactive ketones (excluding diaryl/α,β-unsaturated/α-hetero) is 1. The van der Waals surface area contributed by atoms with Crippen molar-refractivity contribution in [3.05, 3.63) is 45.7 Å². The number of amides is 1. The number of primary amides is 1. The number of rotatable bonds is 5. The lowest BCUT2D eigenvalue weighted by Gasteiger charge is -2.10. The van der Waals surface area contributed by atoms with E-state index in [1.165, 1.54) is 18.7 Å². The highest BCUT2D eigenvalue weighted by molar-refractivity contribution is 7.98. The molecule has 0 atom stereocenters. The number of thioether (sulfide) groups is 1. The zero-order chi connectivity index (χ0) is 16.3. The monoisotopic (exact) mass is 318 g/mol. The maximum absolute atomic E-state index is 11.9. The summed E-state index contributed by atoms with van der Waals surface area (Å²) in [4.78, 5) is 41.4. The Labute approximate surface area is 130 Å². The molecule has 7 nitrogen and oxygen atoms in total. The summed E-state index contributed by atoms with van der Waals surface area (Å²) >= 11 is 1.22. The van der Waals surface area contributed by atoms with Gasteiger partial charge in [0.2, 0.25) is 0 Å². The summed E-state index contributed by atoms with van der Waals surface area (Å²) in [5.74, 6) is -0.921. The molecule has 1 amide bonds. The van der Waals surface area contributed by atoms with E-state index in [0.29, 0.717) is 16.4 Å². The quantitative estimate of drug-likeness (QED) is 0.437. The normalized spacial score (nSPS) is 10.3. The van der Waals surface area contributed by atoms with Gasteiger partial charge in [-0.3, -0.25) is 14.4 Å². The van der Waals surface area contributed by atoms with Gasteiger partial charge >= 0.3 is 0 Å². The first kappa shape index (κ1) is 15.8. The number of nitrogens with zero attached hydrogens (tertiary/aromatic N) is 1. The molecule has 1 heterocycles. The van der Waals surface area contributed by atoms with Crippen LogP contribution in [0.15, 0.2) is 34.2 Å². The van der Waals surface area contributed by atoms with Gasteiger partial charge in [0.15, 0.2) is 16.8 Å². The second kappa shape index (κ2) is 6.44. The van der Waals surface area contributed by atoms with Gasteiger partial charge in [0.1, 0.15) is 5.56 Å². The van der Waals surface area contributed by atoms with Crippen LogP contribution in [0.4, 0.5) is 11.5 Å². The number of anilines is 2. The molecule has 22 heavy (non-hydrogen) atoms. The number of aromatic amines is 1. The Bertz CT molecular complexity index is 801. The fourth-order valence-electron chi connectivity index (χ4n) is 1.82. The Hall–Kier alpha value is -2.61. The zero-order valence-corrected chi connectivity index (χ0v) is 12.8. The fraction of sp³-hybridized carbons (Fsp3) is 0.143. The third-order valence-electron chi connectivity index (χ3n) is 2.87. The van der Waals surface area contributed by atoms with Crippen molar-refractivity contribution >= 4 is 35.0 Å². The van der Waals surface area contributed by atoms with Crippen molar-refractivity contribution < 1.29 is 9.59 Å². The molecule has 0 radical (unpaired) electrons. The number of carbonyl (C=O) groups excluding carboxylic acids is 2. The van der Waals surface area contributed by atoms with E-state index in [4.69, 9.17) is 5.73 Å². The molecule has 0 saturated carbocycles. The lowest BCUT2D eigenvalue weighted by molar-refractivity contribution is 0.0995. The third-order valence-corrected chi connectivity index (χ3v) is 3.45. The summed E-state index contributed by atoms with van der Waals surface area (Å²) in [6, 6.07) is 6.65. The minimum Gasteiger partial charge on any atom is -0.365 e. The van der Waals surface area contributed by atoms with Gasteiger partial charge in [-0.15, -0.1) is 0 Å². The smallest absolute Gasteiger partial charge is 0.266 e. The molecule has 0 spiro atoms. The average molecular weight is 318 g/mol. The minimum atomic E-state index is -0.883. The van der Waals surface area contributed by atoms with Crippen molar-refractivity contribution in [2.45, 2.75) is 12.1 Å². The van der Waals surface area contributed by atoms with E-state index in [0.717, 1.165) is 0 Å². The summed E-state index contributed by atoms with van der Waals surface area (Å²) in [6.07, 6.45) is 1.74. The van der Waals surface area contributed by atoms with Gasteiger partial charge in [0.05, 0.1) is 0 Å². The molecule has 0 bridgehead atoms. The average Bonchev–Trinajstić information content (AvgIpc) is 2.46. The lowest BCUT2D eigenvalue weighted by Crippen LogP contribution is -2.26. The van der Waals surface area contributed by atoms with Gasteiger partial charge in [-0.25, -0.2) is 4.98 Å². The molecular formula is C14H14N4O3S. The van der Waals surface area contributed by atoms with Crippen molar-refractivity contribution in [3.8, 4) is 0 Å². The van der Waals surface area contributed by atoms with Gasteiger partial charge in [-0.05, 0) is 25.3 Å². The van der Waals surface area contributed by atoms with E-state index in [9.17, 15) is 14.4 Å². The van der Waals surface area contributed by atoms with E-state index in [2.05, 4.69) is 15.3 Å². The molecule has 8 heteroatoms. The standard InChI is InChI=1S/C14H14N4O3S/c1-7(19)8-4-3-5-9(6-8)16-12-10(11(15)20)13(21)18-14(17-12)22-2/h3-6H,1-2H3,(H2,15,20)(H2,16,17,18,21). The van der Waals surface area contributed by atoms with Gasteiger partial charge in [0, 0.05) is 11.3 Å². The summed E-state index contributed by atoms with van der Waals surface area (Å²) in [5.41, 5.74) is 5.40. The molecule has 1 aromatic carbocycles. The van der Waals surface area contributed by atoms with Crippen molar-refractivity contribution in [1.82, 2.24) is 9.97 Å². The molecule has 114 valence electrons. The molecule has 2 aromatic rings. The first-order valence-electron chi connectivity index (χ1n) is 6.28. The van der Waals surface area contributed by atoms with Crippen LogP contribution in [0.3, 0.4) is 0 Å². The number of ketones is 1. The molecule has 1 aromatic heterocycles. The molecule has 0 unspecified atom stereocenters. The van der Waals surface area contributed by atoms with E-state index < -0.39 is 11.5 Å². The number of hydrogen-bond acceptors (Lipinski definition) is 6. The summed E-state index contributed by atoms with van der Waals surface area (Å²) in [5, 5.41) is 3.21. The molecule has 0 aliphatic heterocycles. The highest BCUT2D eigenvalue weighted by atomic mass is 32.2. The van der Waals surface area contributed by atoms with Gasteiger partial charge < -0.3 is 16.0 Å². The highest BCUT2D eigenvalue weighted by Gasteiger charge is 2.17. The van der Waals surface area contributed by atoms with Crippen LogP contribution in [0.1, 0.15) is 27.6 Å². The van der Waals surface area contributed by atoms with E-state index in [-0.39, 0.29) is 17.2 Å². The van der Waals surface area contributed by atoms with Crippen LogP contribution in [0.2, 0.25) is 0 Å². The fourth-order valence-corrected chi connectivity index (χ4v) is 2.20. The van der Waals surface area contributed by atoms with Crippen LogP contribution < -0.4 is 16.6 Å². The molecule has 0 saturated heterocycles. The number of benzene rings is 1. The maximum Gasteiger partial charge on any atom is 0.266 e. The Morgan fingerprint density at radius 3 is 2.68 bits per heavy atom. The third kappa shape index (κ3) is 3.34. The largest absolute Gasteiger partial charge is 0.365 e. The van der Waals surface area contributed by atoms with Crippen molar-refractivity contribution in [1.29, 1.82) is 0 Å². The Morgan fingerprint density at radius 2 is 2.09 bits per heavy atom. The number of aromatic nitrogens is 2. The van der Waals surface area contributed by atoms with Crippen LogP contribution in [-0.2, 0) is 0 Å². The van der Waals surface area contributed by atoms with Crippen molar-refractivity contribution in [2.24, 2.45) is 5.73 Å². The predicted octanol–water partition coefficient (Wildman–Crippen LogP) is 1.54. The summed E-state index contributed by atoms with van der Waals surface area (Å²) in [6.45, 7) is 1.45. The highest BCUT2D eigenvalue weighted by Crippen LogP contribution is 2.20. The molecule has 0 aliphatic rings. The van der Waals surface area contributed by atoms with Crippen LogP contribution in [0, 0.1) is 0 Å².